The van der Waals surface area contributed by atoms with E-state index < -0.39 is 5.09 Å². The van der Waals surface area contributed by atoms with E-state index >= 15 is 0 Å². The van der Waals surface area contributed by atoms with E-state index in [0.717, 1.165) is 0 Å². The monoisotopic (exact) mass is 238 g/mol. The molecule has 90 valence electrons. The first-order valence-corrected chi connectivity index (χ1v) is 4.74. The fraction of sp³-hybridized carbons (Fsp3) is 0.200. The molecule has 0 unspecified atom stereocenters. The summed E-state index contributed by atoms with van der Waals surface area (Å²) in [6.07, 6.45) is 0.673. The van der Waals surface area contributed by atoms with Crippen LogP contribution < -0.4 is 5.32 Å². The standard InChI is InChI=1S/C10H10N2O5/c13-7-8-1-3-9(4-2-8)10(14)11-5-6-17-12(15)16/h1-4,7H,5-6H2,(H,11,14). The minimum atomic E-state index is -0.926. The van der Waals surface area contributed by atoms with Crippen molar-refractivity contribution in [3.8, 4) is 0 Å². The molecule has 17 heavy (non-hydrogen) atoms. The van der Waals surface area contributed by atoms with E-state index in [1.54, 1.807) is 0 Å². The Labute approximate surface area is 96.5 Å². The van der Waals surface area contributed by atoms with Crippen molar-refractivity contribution in [3.05, 3.63) is 45.5 Å². The summed E-state index contributed by atoms with van der Waals surface area (Å²) in [4.78, 5) is 35.7. The maximum atomic E-state index is 11.5. The van der Waals surface area contributed by atoms with E-state index in [1.807, 2.05) is 0 Å². The molecule has 0 saturated heterocycles. The highest BCUT2D eigenvalue weighted by Crippen LogP contribution is 2.01. The van der Waals surface area contributed by atoms with Gasteiger partial charge in [-0.1, -0.05) is 12.1 Å². The molecule has 0 saturated carbocycles. The molecule has 0 aliphatic rings. The van der Waals surface area contributed by atoms with Crippen LogP contribution in [0.15, 0.2) is 24.3 Å². The van der Waals surface area contributed by atoms with Gasteiger partial charge in [0.15, 0.2) is 0 Å². The molecule has 1 N–H and O–H groups in total. The lowest BCUT2D eigenvalue weighted by Crippen LogP contribution is -2.27. The Morgan fingerprint density at radius 1 is 1.41 bits per heavy atom. The number of nitrogens with one attached hydrogen (secondary N) is 1. The summed E-state index contributed by atoms with van der Waals surface area (Å²) in [6, 6.07) is 6.01. The molecule has 1 rings (SSSR count). The summed E-state index contributed by atoms with van der Waals surface area (Å²) in [6.45, 7) is -0.166. The van der Waals surface area contributed by atoms with Gasteiger partial charge in [0.2, 0.25) is 0 Å². The normalized spacial score (nSPS) is 9.41. The van der Waals surface area contributed by atoms with Crippen LogP contribution in [0.3, 0.4) is 0 Å². The number of carbonyl (C=O) groups is 2. The predicted octanol–water partition coefficient (Wildman–Crippen LogP) is 0.437. The summed E-state index contributed by atoms with van der Waals surface area (Å²) in [5.74, 6) is -0.380. The first kappa shape index (κ1) is 12.6. The molecule has 0 fully saturated rings. The Morgan fingerprint density at radius 2 is 2.06 bits per heavy atom. The minimum Gasteiger partial charge on any atom is -0.350 e. The van der Waals surface area contributed by atoms with Gasteiger partial charge >= 0.3 is 0 Å². The molecule has 0 bridgehead atoms. The summed E-state index contributed by atoms with van der Waals surface area (Å²) in [5, 5.41) is 11.3. The van der Waals surface area contributed by atoms with E-state index in [2.05, 4.69) is 10.2 Å². The van der Waals surface area contributed by atoms with Gasteiger partial charge in [0, 0.05) is 17.7 Å². The highest BCUT2D eigenvalue weighted by Gasteiger charge is 2.04. The van der Waals surface area contributed by atoms with Gasteiger partial charge in [-0.15, -0.1) is 10.1 Å². The molecule has 1 aromatic rings. The van der Waals surface area contributed by atoms with Crippen molar-refractivity contribution in [2.24, 2.45) is 0 Å². The molecular weight excluding hydrogens is 228 g/mol. The van der Waals surface area contributed by atoms with Gasteiger partial charge in [0.1, 0.15) is 12.9 Å². The van der Waals surface area contributed by atoms with Gasteiger partial charge in [-0.3, -0.25) is 9.59 Å². The molecule has 1 aromatic carbocycles. The Kier molecular flexibility index (Phi) is 4.61. The maximum absolute atomic E-state index is 11.5. The van der Waals surface area contributed by atoms with Gasteiger partial charge in [0.25, 0.3) is 11.0 Å². The van der Waals surface area contributed by atoms with E-state index in [4.69, 9.17) is 0 Å². The lowest BCUT2D eigenvalue weighted by Gasteiger charge is -2.04. The van der Waals surface area contributed by atoms with Gasteiger partial charge in [-0.2, -0.15) is 0 Å². The number of benzene rings is 1. The molecule has 0 radical (unpaired) electrons. The van der Waals surface area contributed by atoms with Crippen molar-refractivity contribution < 1.29 is 19.5 Å². The third kappa shape index (κ3) is 4.29. The Hall–Kier alpha value is -2.44. The second kappa shape index (κ2) is 6.21. The molecule has 0 atom stereocenters. The summed E-state index contributed by atoms with van der Waals surface area (Å²) < 4.78 is 0. The lowest BCUT2D eigenvalue weighted by atomic mass is 10.1. The van der Waals surface area contributed by atoms with Crippen LogP contribution in [0.25, 0.3) is 0 Å². The van der Waals surface area contributed by atoms with Gasteiger partial charge in [0.05, 0.1) is 0 Å². The topological polar surface area (TPSA) is 98.5 Å². The predicted molar refractivity (Wildman–Crippen MR) is 57.1 cm³/mol. The number of hydrogen-bond donors (Lipinski definition) is 1. The first-order chi connectivity index (χ1) is 8.13. The number of amides is 1. The fourth-order valence-corrected chi connectivity index (χ4v) is 1.10. The molecule has 0 aliphatic carbocycles. The molecular formula is C10H10N2O5. The third-order valence-corrected chi connectivity index (χ3v) is 1.89. The molecule has 7 nitrogen and oxygen atoms in total. The van der Waals surface area contributed by atoms with E-state index in [-0.39, 0.29) is 19.1 Å². The zero-order valence-electron chi connectivity index (χ0n) is 8.79. The van der Waals surface area contributed by atoms with Crippen LogP contribution in [0.5, 0.6) is 0 Å². The minimum absolute atomic E-state index is 0.0369. The number of hydrogen-bond acceptors (Lipinski definition) is 5. The van der Waals surface area contributed by atoms with E-state index in [1.165, 1.54) is 24.3 Å². The summed E-state index contributed by atoms with van der Waals surface area (Å²) in [5.41, 5.74) is 0.843. The van der Waals surface area contributed by atoms with Crippen molar-refractivity contribution in [2.45, 2.75) is 0 Å². The van der Waals surface area contributed by atoms with Crippen LogP contribution in [-0.2, 0) is 4.84 Å². The van der Waals surface area contributed by atoms with Gasteiger partial charge in [-0.05, 0) is 12.1 Å². The zero-order chi connectivity index (χ0) is 12.7. The van der Waals surface area contributed by atoms with E-state index in [9.17, 15) is 19.7 Å². The lowest BCUT2D eigenvalue weighted by molar-refractivity contribution is -0.757. The maximum Gasteiger partial charge on any atom is 0.294 e. The van der Waals surface area contributed by atoms with Crippen LogP contribution in [-0.4, -0.2) is 30.4 Å². The number of nitrogens with zero attached hydrogens (tertiary/aromatic N) is 1. The SMILES string of the molecule is O=Cc1ccc(C(=O)NCCO[N+](=O)[O-])cc1. The fourth-order valence-electron chi connectivity index (χ4n) is 1.10. The van der Waals surface area contributed by atoms with Crippen LogP contribution >= 0.6 is 0 Å². The van der Waals surface area contributed by atoms with Crippen molar-refractivity contribution in [1.29, 1.82) is 0 Å². The largest absolute Gasteiger partial charge is 0.350 e. The smallest absolute Gasteiger partial charge is 0.294 e. The highest BCUT2D eigenvalue weighted by molar-refractivity contribution is 5.94. The van der Waals surface area contributed by atoms with Crippen molar-refractivity contribution in [3.63, 3.8) is 0 Å². The second-order valence-electron chi connectivity index (χ2n) is 3.05. The molecule has 0 aromatic heterocycles. The number of aldehydes is 1. The van der Waals surface area contributed by atoms with Crippen molar-refractivity contribution >= 4 is 12.2 Å². The molecule has 0 heterocycles. The molecule has 1 amide bonds. The quantitative estimate of drug-likeness (QED) is 0.335. The second-order valence-corrected chi connectivity index (χ2v) is 3.05. The number of rotatable bonds is 6. The van der Waals surface area contributed by atoms with Crippen molar-refractivity contribution in [2.75, 3.05) is 13.2 Å². The number of carbonyl (C=O) groups excluding carboxylic acids is 2. The van der Waals surface area contributed by atoms with Crippen LogP contribution in [0.1, 0.15) is 20.7 Å². The Balaban J connectivity index is 2.41. The van der Waals surface area contributed by atoms with Crippen LogP contribution in [0, 0.1) is 10.1 Å². The average Bonchev–Trinajstić information content (AvgIpc) is 2.34. The van der Waals surface area contributed by atoms with Crippen LogP contribution in [0.2, 0.25) is 0 Å². The Bertz CT molecular complexity index is 415. The van der Waals surface area contributed by atoms with Crippen LogP contribution in [0.4, 0.5) is 0 Å². The third-order valence-electron chi connectivity index (χ3n) is 1.89. The average molecular weight is 238 g/mol. The molecule has 7 heteroatoms. The molecule has 0 spiro atoms. The van der Waals surface area contributed by atoms with E-state index in [0.29, 0.717) is 17.4 Å². The summed E-state index contributed by atoms with van der Waals surface area (Å²) in [7, 11) is 0. The highest BCUT2D eigenvalue weighted by atomic mass is 16.9. The van der Waals surface area contributed by atoms with Gasteiger partial charge < -0.3 is 10.2 Å². The van der Waals surface area contributed by atoms with Crippen molar-refractivity contribution in [1.82, 2.24) is 5.32 Å². The Morgan fingerprint density at radius 3 is 2.59 bits per heavy atom. The zero-order valence-corrected chi connectivity index (χ0v) is 8.79. The molecule has 0 aliphatic heterocycles. The summed E-state index contributed by atoms with van der Waals surface area (Å²) >= 11 is 0. The first-order valence-electron chi connectivity index (χ1n) is 4.74. The van der Waals surface area contributed by atoms with Gasteiger partial charge in [-0.25, -0.2) is 0 Å².